The molecule has 0 aliphatic carbocycles. The molecule has 0 spiro atoms. The van der Waals surface area contributed by atoms with Crippen LogP contribution in [0.25, 0.3) is 0 Å². The van der Waals surface area contributed by atoms with Crippen molar-refractivity contribution in [2.45, 2.75) is 31.8 Å². The van der Waals surface area contributed by atoms with Crippen molar-refractivity contribution in [2.24, 2.45) is 0 Å². The number of ether oxygens (including phenoxy) is 1. The summed E-state index contributed by atoms with van der Waals surface area (Å²) < 4.78 is 4.96. The second-order valence-corrected chi connectivity index (χ2v) is 5.02. The molecule has 7 heteroatoms. The highest BCUT2D eigenvalue weighted by Crippen LogP contribution is 2.17. The summed E-state index contributed by atoms with van der Waals surface area (Å²) in [5, 5.41) is 12.5. The smallest absolute Gasteiger partial charge is 0.409 e. The Morgan fingerprint density at radius 1 is 1.52 bits per heavy atom. The number of nitrogens with zero attached hydrogens (tertiary/aromatic N) is 1. The van der Waals surface area contributed by atoms with Crippen molar-refractivity contribution in [3.8, 4) is 0 Å². The zero-order chi connectivity index (χ0) is 15.2. The van der Waals surface area contributed by atoms with Crippen LogP contribution in [0.4, 0.5) is 4.79 Å². The molecule has 2 rings (SSSR count). The Bertz CT molecular complexity index is 467. The van der Waals surface area contributed by atoms with Crippen LogP contribution in [-0.2, 0) is 9.53 Å². The lowest BCUT2D eigenvalue weighted by Gasteiger charge is -2.33. The minimum absolute atomic E-state index is 0.0695. The molecule has 1 amide bonds. The van der Waals surface area contributed by atoms with Crippen LogP contribution in [0.5, 0.6) is 0 Å². The highest BCUT2D eigenvalue weighted by atomic mass is 16.6. The van der Waals surface area contributed by atoms with Crippen molar-refractivity contribution in [2.75, 3.05) is 19.7 Å². The number of carboxylic acid groups (broad SMARTS) is 1. The van der Waals surface area contributed by atoms with E-state index in [0.717, 1.165) is 0 Å². The van der Waals surface area contributed by atoms with Crippen molar-refractivity contribution in [1.82, 2.24) is 15.2 Å². The van der Waals surface area contributed by atoms with Crippen LogP contribution in [0.2, 0.25) is 0 Å². The summed E-state index contributed by atoms with van der Waals surface area (Å²) in [5.41, 5.74) is 0.635. The molecule has 1 aliphatic heterocycles. The van der Waals surface area contributed by atoms with Gasteiger partial charge in [0.1, 0.15) is 6.04 Å². The highest BCUT2D eigenvalue weighted by molar-refractivity contribution is 5.75. The maximum Gasteiger partial charge on any atom is 0.409 e. The first-order valence-corrected chi connectivity index (χ1v) is 7.15. The monoisotopic (exact) mass is 295 g/mol. The van der Waals surface area contributed by atoms with Crippen molar-refractivity contribution < 1.29 is 19.4 Å². The molecule has 1 aromatic heterocycles. The van der Waals surface area contributed by atoms with E-state index in [1.807, 2.05) is 0 Å². The molecule has 1 aliphatic rings. The number of carboxylic acids is 1. The van der Waals surface area contributed by atoms with Crippen molar-refractivity contribution in [3.63, 3.8) is 0 Å². The van der Waals surface area contributed by atoms with Crippen molar-refractivity contribution in [3.05, 3.63) is 24.0 Å². The highest BCUT2D eigenvalue weighted by Gasteiger charge is 2.28. The van der Waals surface area contributed by atoms with Gasteiger partial charge < -0.3 is 19.7 Å². The van der Waals surface area contributed by atoms with Crippen LogP contribution in [0.15, 0.2) is 18.3 Å². The maximum atomic E-state index is 11.6. The molecule has 2 heterocycles. The fraction of sp³-hybridized carbons (Fsp3) is 0.571. The number of likely N-dealkylation sites (tertiary alicyclic amines) is 1. The number of carbonyl (C=O) groups excluding carboxylic acids is 1. The van der Waals surface area contributed by atoms with E-state index < -0.39 is 12.0 Å². The standard InChI is InChI=1S/C14H21N3O4/c1-2-21-14(20)17-8-5-10(6-9-17)16-12(13(18)19)11-4-3-7-15-11/h3-4,7,10,12,15-16H,2,5-6,8-9H2,1H3,(H,18,19). The summed E-state index contributed by atoms with van der Waals surface area (Å²) in [6.07, 6.45) is 2.83. The molecule has 1 aromatic rings. The van der Waals surface area contributed by atoms with Gasteiger partial charge in [-0.15, -0.1) is 0 Å². The third-order valence-electron chi connectivity index (χ3n) is 3.60. The van der Waals surface area contributed by atoms with Gasteiger partial charge >= 0.3 is 12.1 Å². The van der Waals surface area contributed by atoms with E-state index in [4.69, 9.17) is 4.74 Å². The Balaban J connectivity index is 1.87. The predicted octanol–water partition coefficient (Wildman–Crippen LogP) is 1.35. The predicted molar refractivity (Wildman–Crippen MR) is 75.9 cm³/mol. The molecule has 1 saturated heterocycles. The van der Waals surface area contributed by atoms with E-state index >= 15 is 0 Å². The topological polar surface area (TPSA) is 94.7 Å². The van der Waals surface area contributed by atoms with Crippen molar-refractivity contribution >= 4 is 12.1 Å². The molecule has 3 N–H and O–H groups in total. The van der Waals surface area contributed by atoms with Gasteiger partial charge in [-0.2, -0.15) is 0 Å². The van der Waals surface area contributed by atoms with Gasteiger partial charge in [0.05, 0.1) is 6.61 Å². The second kappa shape index (κ2) is 7.12. The molecule has 0 aromatic carbocycles. The molecule has 7 nitrogen and oxygen atoms in total. The molecule has 1 fully saturated rings. The Kier molecular flexibility index (Phi) is 5.21. The van der Waals surface area contributed by atoms with Gasteiger partial charge in [-0.3, -0.25) is 10.1 Å². The SMILES string of the molecule is CCOC(=O)N1CCC(NC(C(=O)O)c2ccc[nH]2)CC1. The van der Waals surface area contributed by atoms with Crippen LogP contribution < -0.4 is 5.32 Å². The molecule has 21 heavy (non-hydrogen) atoms. The lowest BCUT2D eigenvalue weighted by molar-refractivity contribution is -0.140. The van der Waals surface area contributed by atoms with Crippen LogP contribution >= 0.6 is 0 Å². The number of aliphatic carboxylic acids is 1. The number of carbonyl (C=O) groups is 2. The van der Waals surface area contributed by atoms with Crippen LogP contribution in [0.1, 0.15) is 31.5 Å². The number of piperidine rings is 1. The van der Waals surface area contributed by atoms with Gasteiger partial charge in [-0.1, -0.05) is 0 Å². The van der Waals surface area contributed by atoms with E-state index in [2.05, 4.69) is 10.3 Å². The molecule has 0 bridgehead atoms. The first-order valence-electron chi connectivity index (χ1n) is 7.15. The van der Waals surface area contributed by atoms with E-state index in [1.165, 1.54) is 0 Å². The number of aromatic nitrogens is 1. The normalized spacial score (nSPS) is 17.5. The van der Waals surface area contributed by atoms with Crippen LogP contribution in [0, 0.1) is 0 Å². The van der Waals surface area contributed by atoms with Gasteiger partial charge in [0.15, 0.2) is 0 Å². The average molecular weight is 295 g/mol. The molecule has 1 unspecified atom stereocenters. The van der Waals surface area contributed by atoms with Gasteiger partial charge in [-0.25, -0.2) is 4.79 Å². The summed E-state index contributed by atoms with van der Waals surface area (Å²) in [7, 11) is 0. The summed E-state index contributed by atoms with van der Waals surface area (Å²) in [4.78, 5) is 27.6. The fourth-order valence-electron chi connectivity index (χ4n) is 2.50. The minimum Gasteiger partial charge on any atom is -0.480 e. The third kappa shape index (κ3) is 3.98. The quantitative estimate of drug-likeness (QED) is 0.762. The Labute approximate surface area is 123 Å². The van der Waals surface area contributed by atoms with Crippen LogP contribution in [-0.4, -0.2) is 52.8 Å². The van der Waals surface area contributed by atoms with E-state index in [-0.39, 0.29) is 12.1 Å². The summed E-state index contributed by atoms with van der Waals surface area (Å²) in [6.45, 7) is 3.30. The number of H-pyrrole nitrogens is 1. The summed E-state index contributed by atoms with van der Waals surface area (Å²) in [6, 6.07) is 2.84. The molecule has 0 radical (unpaired) electrons. The van der Waals surface area contributed by atoms with E-state index in [9.17, 15) is 14.7 Å². The largest absolute Gasteiger partial charge is 0.480 e. The Morgan fingerprint density at radius 2 is 2.24 bits per heavy atom. The third-order valence-corrected chi connectivity index (χ3v) is 3.60. The van der Waals surface area contributed by atoms with Gasteiger partial charge in [-0.05, 0) is 31.9 Å². The number of hydrogen-bond donors (Lipinski definition) is 3. The zero-order valence-electron chi connectivity index (χ0n) is 12.0. The molecule has 1 atom stereocenters. The number of aromatic amines is 1. The second-order valence-electron chi connectivity index (χ2n) is 5.02. The number of nitrogens with one attached hydrogen (secondary N) is 2. The van der Waals surface area contributed by atoms with Gasteiger partial charge in [0.2, 0.25) is 0 Å². The van der Waals surface area contributed by atoms with Crippen LogP contribution in [0.3, 0.4) is 0 Å². The molecule has 116 valence electrons. The number of rotatable bonds is 5. The summed E-state index contributed by atoms with van der Waals surface area (Å²) >= 11 is 0. The first kappa shape index (κ1) is 15.4. The molecular formula is C14H21N3O4. The first-order chi connectivity index (χ1) is 10.1. The lowest BCUT2D eigenvalue weighted by atomic mass is 10.0. The van der Waals surface area contributed by atoms with Gasteiger partial charge in [0.25, 0.3) is 0 Å². The molecule has 0 saturated carbocycles. The Morgan fingerprint density at radius 3 is 2.76 bits per heavy atom. The number of hydrogen-bond acceptors (Lipinski definition) is 4. The lowest BCUT2D eigenvalue weighted by Crippen LogP contribution is -2.47. The van der Waals surface area contributed by atoms with E-state index in [0.29, 0.717) is 38.2 Å². The summed E-state index contributed by atoms with van der Waals surface area (Å²) in [5.74, 6) is -0.912. The average Bonchev–Trinajstić information content (AvgIpc) is 2.99. The molecular weight excluding hydrogens is 274 g/mol. The fourth-order valence-corrected chi connectivity index (χ4v) is 2.50. The minimum atomic E-state index is -0.912. The maximum absolute atomic E-state index is 11.6. The number of amides is 1. The zero-order valence-corrected chi connectivity index (χ0v) is 12.0. The van der Waals surface area contributed by atoms with E-state index in [1.54, 1.807) is 30.2 Å². The Hall–Kier alpha value is -2.02. The van der Waals surface area contributed by atoms with Crippen molar-refractivity contribution in [1.29, 1.82) is 0 Å². The van der Waals surface area contributed by atoms with Gasteiger partial charge in [0, 0.05) is 31.0 Å².